The molecule has 0 saturated carbocycles. The first-order chi connectivity index (χ1) is 22.4. The summed E-state index contributed by atoms with van der Waals surface area (Å²) in [5.74, 6) is 0. The van der Waals surface area contributed by atoms with Crippen LogP contribution in [0, 0.1) is 0 Å². The lowest BCUT2D eigenvalue weighted by Crippen LogP contribution is -2.64. The smallest absolute Gasteiger partial charge is 0.247 e. The average molecular weight is 570 g/mol. The summed E-state index contributed by atoms with van der Waals surface area (Å²) >= 11 is 0. The molecule has 0 N–H and O–H groups in total. The van der Waals surface area contributed by atoms with Gasteiger partial charge in [-0.3, -0.25) is 0 Å². The van der Waals surface area contributed by atoms with Gasteiger partial charge in [0, 0.05) is 22.0 Å². The Morgan fingerprint density at radius 2 is 1.09 bits per heavy atom. The molecular weight excluding hydrogens is 541 g/mol. The maximum absolute atomic E-state index is 2.54. The van der Waals surface area contributed by atoms with Crippen LogP contribution < -0.4 is 16.4 Å². The van der Waals surface area contributed by atoms with E-state index in [2.05, 4.69) is 174 Å². The third-order valence-corrected chi connectivity index (χ3v) is 10.3. The van der Waals surface area contributed by atoms with Gasteiger partial charge in [-0.05, 0) is 56.4 Å². The largest absolute Gasteiger partial charge is 0.310 e. The van der Waals surface area contributed by atoms with Crippen molar-refractivity contribution in [2.45, 2.75) is 5.41 Å². The lowest BCUT2D eigenvalue weighted by atomic mass is 9.29. The van der Waals surface area contributed by atoms with Crippen molar-refractivity contribution < 1.29 is 0 Å². The normalized spacial score (nSPS) is 13.9. The SMILES string of the molecule is c1ccc(-c2ccc3c(c2)B2c4c(cccc4C3(c3ccccc3)c3ccccc3)-n3c4ccccc4c4cccc2c43)cc1. The second kappa shape index (κ2) is 9.20. The summed E-state index contributed by atoms with van der Waals surface area (Å²) in [6, 6.07) is 63.3. The lowest BCUT2D eigenvalue weighted by molar-refractivity contribution is 0.750. The molecule has 0 aliphatic carbocycles. The molecule has 2 heteroatoms. The van der Waals surface area contributed by atoms with Crippen LogP contribution in [0.5, 0.6) is 0 Å². The van der Waals surface area contributed by atoms with E-state index in [4.69, 9.17) is 0 Å². The highest BCUT2D eigenvalue weighted by atomic mass is 15.0. The van der Waals surface area contributed by atoms with Crippen molar-refractivity contribution in [3.63, 3.8) is 0 Å². The van der Waals surface area contributed by atoms with Gasteiger partial charge < -0.3 is 4.57 Å². The van der Waals surface area contributed by atoms with Crippen molar-refractivity contribution in [1.29, 1.82) is 0 Å². The summed E-state index contributed by atoms with van der Waals surface area (Å²) in [6.07, 6.45) is 0. The second-order valence-electron chi connectivity index (χ2n) is 12.4. The predicted octanol–water partition coefficient (Wildman–Crippen LogP) is 7.98. The van der Waals surface area contributed by atoms with E-state index in [9.17, 15) is 0 Å². The fourth-order valence-corrected chi connectivity index (χ4v) is 8.65. The average Bonchev–Trinajstić information content (AvgIpc) is 3.46. The molecule has 0 amide bonds. The van der Waals surface area contributed by atoms with E-state index >= 15 is 0 Å². The van der Waals surface area contributed by atoms with Crippen molar-refractivity contribution in [1.82, 2.24) is 4.57 Å². The Hall–Kier alpha value is -5.60. The van der Waals surface area contributed by atoms with E-state index in [0.29, 0.717) is 0 Å². The van der Waals surface area contributed by atoms with E-state index in [-0.39, 0.29) is 6.71 Å². The Bertz CT molecular complexity index is 2380. The standard InChI is InChI=1S/C43H28BN/c1-4-14-29(15-5-1)30-26-27-35-38(28-30)44-37-23-12-21-34-33-20-10-11-24-39(33)45(42(34)37)40-25-13-22-36(41(40)44)43(35,31-16-6-2-7-17-31)32-18-8-3-9-19-32/h1-28H. The molecule has 2 aliphatic rings. The molecule has 1 nitrogen and oxygen atoms in total. The lowest BCUT2D eigenvalue weighted by Gasteiger charge is -2.46. The number of hydrogen-bond acceptors (Lipinski definition) is 0. The maximum Gasteiger partial charge on any atom is 0.247 e. The molecular formula is C43H28BN. The Labute approximate surface area is 263 Å². The first-order valence-electron chi connectivity index (χ1n) is 15.8. The Balaban J connectivity index is 1.43. The second-order valence-corrected chi connectivity index (χ2v) is 12.4. The van der Waals surface area contributed by atoms with E-state index in [1.807, 2.05) is 0 Å². The van der Waals surface area contributed by atoms with E-state index in [0.717, 1.165) is 0 Å². The highest BCUT2D eigenvalue weighted by Gasteiger charge is 2.50. The van der Waals surface area contributed by atoms with Crippen molar-refractivity contribution in [2.75, 3.05) is 0 Å². The summed E-state index contributed by atoms with van der Waals surface area (Å²) in [6.45, 7) is 0.107. The van der Waals surface area contributed by atoms with E-state index in [1.54, 1.807) is 0 Å². The van der Waals surface area contributed by atoms with Crippen molar-refractivity contribution in [3.05, 3.63) is 192 Å². The quantitative estimate of drug-likeness (QED) is 0.190. The monoisotopic (exact) mass is 569 g/mol. The van der Waals surface area contributed by atoms with Gasteiger partial charge in [0.05, 0.1) is 10.9 Å². The summed E-state index contributed by atoms with van der Waals surface area (Å²) in [5, 5.41) is 2.63. The summed E-state index contributed by atoms with van der Waals surface area (Å²) in [7, 11) is 0. The van der Waals surface area contributed by atoms with Gasteiger partial charge in [-0.1, -0.05) is 163 Å². The Morgan fingerprint density at radius 1 is 0.444 bits per heavy atom. The molecule has 8 aromatic rings. The number of hydrogen-bond donors (Lipinski definition) is 0. The van der Waals surface area contributed by atoms with Crippen LogP contribution >= 0.6 is 0 Å². The number of benzene rings is 7. The molecule has 45 heavy (non-hydrogen) atoms. The summed E-state index contributed by atoms with van der Waals surface area (Å²) < 4.78 is 2.54. The zero-order chi connectivity index (χ0) is 29.5. The van der Waals surface area contributed by atoms with Gasteiger partial charge in [0.1, 0.15) is 0 Å². The number of para-hydroxylation sites is 2. The van der Waals surface area contributed by atoms with Crippen LogP contribution in [-0.4, -0.2) is 11.3 Å². The van der Waals surface area contributed by atoms with Crippen LogP contribution in [0.4, 0.5) is 0 Å². The molecule has 1 aromatic heterocycles. The summed E-state index contributed by atoms with van der Waals surface area (Å²) in [5.41, 5.74) is 15.4. The zero-order valence-electron chi connectivity index (χ0n) is 24.7. The third kappa shape index (κ3) is 3.19. The van der Waals surface area contributed by atoms with Gasteiger partial charge in [0.15, 0.2) is 0 Å². The molecule has 0 bridgehead atoms. The van der Waals surface area contributed by atoms with Crippen LogP contribution in [0.3, 0.4) is 0 Å². The molecule has 2 aliphatic heterocycles. The van der Waals surface area contributed by atoms with Gasteiger partial charge >= 0.3 is 0 Å². The molecule has 208 valence electrons. The van der Waals surface area contributed by atoms with Crippen molar-refractivity contribution in [3.8, 4) is 16.8 Å². The predicted molar refractivity (Wildman–Crippen MR) is 189 cm³/mol. The molecule has 0 spiro atoms. The van der Waals surface area contributed by atoms with E-state index < -0.39 is 5.41 Å². The number of aromatic nitrogens is 1. The fourth-order valence-electron chi connectivity index (χ4n) is 8.65. The zero-order valence-corrected chi connectivity index (χ0v) is 24.7. The van der Waals surface area contributed by atoms with Crippen LogP contribution in [0.25, 0.3) is 38.6 Å². The first kappa shape index (κ1) is 24.8. The molecule has 7 aromatic carbocycles. The molecule has 0 fully saturated rings. The highest BCUT2D eigenvalue weighted by molar-refractivity contribution is 6.99. The van der Waals surface area contributed by atoms with Gasteiger partial charge in [-0.2, -0.15) is 0 Å². The van der Waals surface area contributed by atoms with Crippen LogP contribution in [0.2, 0.25) is 0 Å². The van der Waals surface area contributed by atoms with Gasteiger partial charge in [0.2, 0.25) is 6.71 Å². The fraction of sp³-hybridized carbons (Fsp3) is 0.0233. The molecule has 0 atom stereocenters. The molecule has 10 rings (SSSR count). The molecule has 0 radical (unpaired) electrons. The van der Waals surface area contributed by atoms with Crippen LogP contribution in [0.15, 0.2) is 170 Å². The molecule has 3 heterocycles. The van der Waals surface area contributed by atoms with Gasteiger partial charge in [-0.15, -0.1) is 0 Å². The van der Waals surface area contributed by atoms with Gasteiger partial charge in [0.25, 0.3) is 0 Å². The molecule has 0 saturated heterocycles. The van der Waals surface area contributed by atoms with Crippen LogP contribution in [0.1, 0.15) is 22.3 Å². The van der Waals surface area contributed by atoms with Crippen molar-refractivity contribution in [2.24, 2.45) is 0 Å². The highest BCUT2D eigenvalue weighted by Crippen LogP contribution is 2.48. The van der Waals surface area contributed by atoms with Crippen molar-refractivity contribution >= 4 is 44.9 Å². The first-order valence-corrected chi connectivity index (χ1v) is 15.8. The number of fused-ring (bicyclic) bond motifs is 7. The summed E-state index contributed by atoms with van der Waals surface area (Å²) in [4.78, 5) is 0. The van der Waals surface area contributed by atoms with Gasteiger partial charge in [-0.25, -0.2) is 0 Å². The number of rotatable bonds is 3. The minimum absolute atomic E-state index is 0.107. The Morgan fingerprint density at radius 3 is 1.84 bits per heavy atom. The van der Waals surface area contributed by atoms with Crippen LogP contribution in [-0.2, 0) is 5.41 Å². The molecule has 0 unspecified atom stereocenters. The minimum Gasteiger partial charge on any atom is -0.310 e. The van der Waals surface area contributed by atoms with E-state index in [1.165, 1.54) is 77.3 Å². The Kier molecular flexibility index (Phi) is 5.07. The topological polar surface area (TPSA) is 4.93 Å². The third-order valence-electron chi connectivity index (χ3n) is 10.3. The minimum atomic E-state index is -0.483. The number of nitrogens with zero attached hydrogens (tertiary/aromatic N) is 1. The maximum atomic E-state index is 2.54.